The third-order valence-corrected chi connectivity index (χ3v) is 6.48. The highest BCUT2D eigenvalue weighted by molar-refractivity contribution is 5.87. The number of hydrogen-bond donors (Lipinski definition) is 1. The first kappa shape index (κ1) is 20.7. The van der Waals surface area contributed by atoms with E-state index < -0.39 is 12.0 Å². The van der Waals surface area contributed by atoms with E-state index in [0.29, 0.717) is 24.1 Å². The Morgan fingerprint density at radius 3 is 2.47 bits per heavy atom. The van der Waals surface area contributed by atoms with Crippen molar-refractivity contribution in [2.24, 2.45) is 5.92 Å². The van der Waals surface area contributed by atoms with Crippen molar-refractivity contribution >= 4 is 17.8 Å². The summed E-state index contributed by atoms with van der Waals surface area (Å²) in [5.41, 5.74) is 4.01. The number of nitrogens with one attached hydrogen (secondary N) is 1. The van der Waals surface area contributed by atoms with E-state index in [1.54, 1.807) is 17.1 Å². The smallest absolute Gasteiger partial charge is 0.308 e. The maximum atomic E-state index is 13.2. The Morgan fingerprint density at radius 2 is 1.83 bits per heavy atom. The number of ether oxygens (including phenoxy) is 2. The van der Waals surface area contributed by atoms with Gasteiger partial charge in [0.2, 0.25) is 11.8 Å². The first-order chi connectivity index (χ1) is 14.4. The molecule has 8 nitrogen and oxygen atoms in total. The lowest BCUT2D eigenvalue weighted by atomic mass is 9.90. The summed E-state index contributed by atoms with van der Waals surface area (Å²) in [4.78, 5) is 38.9. The standard InChI is InChI=1S/C22H29N3O5/c1-13(26)25-21(15-9-10-18(30-14(2)27)19(11-15)29-3)17-12-24(22(28)20(17)23-25)16-7-5-4-6-8-16/h9-11,16-17,20-21,23H,4-8,12H2,1-3H3. The van der Waals surface area contributed by atoms with E-state index in [1.807, 2.05) is 11.0 Å². The molecule has 4 rings (SSSR count). The number of hydrogen-bond acceptors (Lipinski definition) is 6. The summed E-state index contributed by atoms with van der Waals surface area (Å²) < 4.78 is 10.6. The van der Waals surface area contributed by atoms with Crippen molar-refractivity contribution in [2.45, 2.75) is 64.1 Å². The molecule has 3 atom stereocenters. The molecule has 1 aliphatic carbocycles. The SMILES string of the molecule is COc1cc(C2C3CN(C4CCCCC4)C(=O)C3NN2C(C)=O)ccc1OC(C)=O. The van der Waals surface area contributed by atoms with Crippen LogP contribution in [-0.4, -0.2) is 53.4 Å². The second-order valence-electron chi connectivity index (χ2n) is 8.39. The summed E-state index contributed by atoms with van der Waals surface area (Å²) in [6, 6.07) is 4.89. The molecule has 2 aliphatic heterocycles. The van der Waals surface area contributed by atoms with Crippen LogP contribution >= 0.6 is 0 Å². The van der Waals surface area contributed by atoms with Crippen LogP contribution in [-0.2, 0) is 14.4 Å². The van der Waals surface area contributed by atoms with E-state index in [0.717, 1.165) is 31.2 Å². The summed E-state index contributed by atoms with van der Waals surface area (Å²) in [5, 5.41) is 1.56. The van der Waals surface area contributed by atoms with Gasteiger partial charge in [0.25, 0.3) is 0 Å². The molecule has 2 saturated heterocycles. The Balaban J connectivity index is 1.64. The Hall–Kier alpha value is -2.61. The highest BCUT2D eigenvalue weighted by Crippen LogP contribution is 2.44. The minimum absolute atomic E-state index is 0.0485. The van der Waals surface area contributed by atoms with Gasteiger partial charge in [-0.25, -0.2) is 5.43 Å². The fraction of sp³-hybridized carbons (Fsp3) is 0.591. The molecule has 1 aromatic carbocycles. The summed E-state index contributed by atoms with van der Waals surface area (Å²) in [7, 11) is 1.51. The van der Waals surface area contributed by atoms with Crippen molar-refractivity contribution in [2.75, 3.05) is 13.7 Å². The van der Waals surface area contributed by atoms with Crippen LogP contribution in [0.4, 0.5) is 0 Å². The van der Waals surface area contributed by atoms with Gasteiger partial charge in [0.15, 0.2) is 11.5 Å². The lowest BCUT2D eigenvalue weighted by Crippen LogP contribution is -2.48. The van der Waals surface area contributed by atoms with Crippen molar-refractivity contribution in [1.29, 1.82) is 0 Å². The Labute approximate surface area is 176 Å². The van der Waals surface area contributed by atoms with Crippen molar-refractivity contribution in [3.63, 3.8) is 0 Å². The van der Waals surface area contributed by atoms with Gasteiger partial charge in [0.1, 0.15) is 6.04 Å². The van der Waals surface area contributed by atoms with Gasteiger partial charge in [-0.05, 0) is 30.5 Å². The van der Waals surface area contributed by atoms with Crippen molar-refractivity contribution < 1.29 is 23.9 Å². The van der Waals surface area contributed by atoms with Gasteiger partial charge < -0.3 is 14.4 Å². The zero-order chi connectivity index (χ0) is 21.4. The fourth-order valence-corrected chi connectivity index (χ4v) is 5.15. The number of carbonyl (C=O) groups excluding carboxylic acids is 3. The topological polar surface area (TPSA) is 88.2 Å². The van der Waals surface area contributed by atoms with Crippen LogP contribution in [0.25, 0.3) is 0 Å². The zero-order valence-electron chi connectivity index (χ0n) is 17.7. The number of nitrogens with zero attached hydrogens (tertiary/aromatic N) is 2. The van der Waals surface area contributed by atoms with Crippen LogP contribution in [0.1, 0.15) is 57.6 Å². The molecule has 1 saturated carbocycles. The minimum atomic E-state index is -0.432. The number of rotatable bonds is 4. The first-order valence-electron chi connectivity index (χ1n) is 10.6. The molecule has 30 heavy (non-hydrogen) atoms. The summed E-state index contributed by atoms with van der Waals surface area (Å²) >= 11 is 0. The normalized spacial score (nSPS) is 26.6. The third-order valence-electron chi connectivity index (χ3n) is 6.48. The molecule has 3 unspecified atom stereocenters. The predicted octanol–water partition coefficient (Wildman–Crippen LogP) is 2.19. The monoisotopic (exact) mass is 415 g/mol. The second-order valence-corrected chi connectivity index (χ2v) is 8.39. The van der Waals surface area contributed by atoms with E-state index in [4.69, 9.17) is 9.47 Å². The molecule has 1 N–H and O–H groups in total. The lowest BCUT2D eigenvalue weighted by Gasteiger charge is -2.34. The van der Waals surface area contributed by atoms with Gasteiger partial charge in [0, 0.05) is 32.4 Å². The van der Waals surface area contributed by atoms with Gasteiger partial charge in [-0.1, -0.05) is 25.3 Å². The van der Waals surface area contributed by atoms with E-state index in [2.05, 4.69) is 5.43 Å². The van der Waals surface area contributed by atoms with E-state index in [1.165, 1.54) is 27.4 Å². The van der Waals surface area contributed by atoms with Crippen LogP contribution in [0, 0.1) is 5.92 Å². The van der Waals surface area contributed by atoms with Crippen molar-refractivity contribution in [1.82, 2.24) is 15.3 Å². The number of methoxy groups -OCH3 is 1. The largest absolute Gasteiger partial charge is 0.493 e. The van der Waals surface area contributed by atoms with Gasteiger partial charge >= 0.3 is 5.97 Å². The minimum Gasteiger partial charge on any atom is -0.493 e. The average molecular weight is 415 g/mol. The molecule has 3 aliphatic rings. The molecule has 0 aromatic heterocycles. The molecule has 0 radical (unpaired) electrons. The summed E-state index contributed by atoms with van der Waals surface area (Å²) in [5.74, 6) is 0.213. The zero-order valence-corrected chi connectivity index (χ0v) is 17.7. The number of fused-ring (bicyclic) bond motifs is 1. The highest BCUT2D eigenvalue weighted by atomic mass is 16.6. The fourth-order valence-electron chi connectivity index (χ4n) is 5.15. The highest BCUT2D eigenvalue weighted by Gasteiger charge is 2.54. The van der Waals surface area contributed by atoms with Crippen LogP contribution in [0.15, 0.2) is 18.2 Å². The second kappa shape index (κ2) is 8.26. The quantitative estimate of drug-likeness (QED) is 0.599. The van der Waals surface area contributed by atoms with E-state index >= 15 is 0 Å². The molecule has 3 fully saturated rings. The number of carbonyl (C=O) groups is 3. The van der Waals surface area contributed by atoms with Gasteiger partial charge in [0.05, 0.1) is 13.2 Å². The molecular formula is C22H29N3O5. The van der Waals surface area contributed by atoms with Crippen LogP contribution in [0.5, 0.6) is 11.5 Å². The maximum Gasteiger partial charge on any atom is 0.308 e. The number of benzene rings is 1. The Kier molecular flexibility index (Phi) is 5.69. The summed E-state index contributed by atoms with van der Waals surface area (Å²) in [6.45, 7) is 3.46. The van der Waals surface area contributed by atoms with Crippen LogP contribution in [0.3, 0.4) is 0 Å². The molecular weight excluding hydrogens is 386 g/mol. The van der Waals surface area contributed by atoms with Gasteiger partial charge in [-0.2, -0.15) is 0 Å². The third kappa shape index (κ3) is 3.64. The number of esters is 1. The molecule has 2 amide bonds. The Bertz CT molecular complexity index is 851. The molecule has 2 heterocycles. The number of hydrazine groups is 1. The van der Waals surface area contributed by atoms with Crippen LogP contribution in [0.2, 0.25) is 0 Å². The molecule has 8 heteroatoms. The molecule has 162 valence electrons. The molecule has 0 spiro atoms. The summed E-state index contributed by atoms with van der Waals surface area (Å²) in [6.07, 6.45) is 5.66. The predicted molar refractivity (Wildman–Crippen MR) is 109 cm³/mol. The van der Waals surface area contributed by atoms with Crippen LogP contribution < -0.4 is 14.9 Å². The van der Waals surface area contributed by atoms with Gasteiger partial charge in [-0.15, -0.1) is 0 Å². The molecule has 1 aromatic rings. The lowest BCUT2D eigenvalue weighted by molar-refractivity contribution is -0.137. The first-order valence-corrected chi connectivity index (χ1v) is 10.6. The van der Waals surface area contributed by atoms with E-state index in [9.17, 15) is 14.4 Å². The molecule has 0 bridgehead atoms. The Morgan fingerprint density at radius 1 is 1.10 bits per heavy atom. The van der Waals surface area contributed by atoms with Crippen molar-refractivity contribution in [3.8, 4) is 11.5 Å². The van der Waals surface area contributed by atoms with E-state index in [-0.39, 0.29) is 23.8 Å². The van der Waals surface area contributed by atoms with Crippen molar-refractivity contribution in [3.05, 3.63) is 23.8 Å². The van der Waals surface area contributed by atoms with Gasteiger partial charge in [-0.3, -0.25) is 19.4 Å². The average Bonchev–Trinajstić information content (AvgIpc) is 3.26. The number of amides is 2. The maximum absolute atomic E-state index is 13.2. The number of likely N-dealkylation sites (tertiary alicyclic amines) is 1.